The number of fused-ring (bicyclic) bond motifs is 1. The Balaban J connectivity index is 1.62. The van der Waals surface area contributed by atoms with Crippen LogP contribution >= 0.6 is 0 Å². The number of aromatic nitrogens is 2. The minimum absolute atomic E-state index is 0.0747. The first-order chi connectivity index (χ1) is 16.9. The molecule has 0 spiro atoms. The number of allylic oxidation sites excluding steroid dienone is 1. The summed E-state index contributed by atoms with van der Waals surface area (Å²) in [6.07, 6.45) is -0.429. The zero-order chi connectivity index (χ0) is 24.6. The fourth-order valence-corrected chi connectivity index (χ4v) is 4.03. The van der Waals surface area contributed by atoms with Gasteiger partial charge in [0.25, 0.3) is 5.97 Å². The summed E-state index contributed by atoms with van der Waals surface area (Å²) in [4.78, 5) is 21.2. The highest BCUT2D eigenvalue weighted by Gasteiger charge is 2.38. The van der Waals surface area contributed by atoms with Gasteiger partial charge < -0.3 is 24.3 Å². The number of aliphatic hydroxyl groups excluding tert-OH is 1. The van der Waals surface area contributed by atoms with Crippen LogP contribution in [0.2, 0.25) is 0 Å². The van der Waals surface area contributed by atoms with Gasteiger partial charge in [-0.1, -0.05) is 42.5 Å². The summed E-state index contributed by atoms with van der Waals surface area (Å²) in [5, 5.41) is 11.4. The van der Waals surface area contributed by atoms with Crippen molar-refractivity contribution >= 4 is 28.1 Å². The maximum absolute atomic E-state index is 13.9. The molecule has 35 heavy (non-hydrogen) atoms. The summed E-state index contributed by atoms with van der Waals surface area (Å²) in [6, 6.07) is 19.6. The summed E-state index contributed by atoms with van der Waals surface area (Å²) in [5.74, 6) is -2.41. The number of Topliss-reactive ketones (excluding diaryl/α,β-unsaturated/α-hetero) is 1. The van der Waals surface area contributed by atoms with Gasteiger partial charge in [0.05, 0.1) is 17.6 Å². The molecule has 1 aliphatic rings. The first kappa shape index (κ1) is 22.9. The van der Waals surface area contributed by atoms with Gasteiger partial charge in [-0.2, -0.15) is 0 Å². The minimum atomic E-state index is -1.16. The number of H-pyrrole nitrogens is 1. The van der Waals surface area contributed by atoms with E-state index in [9.17, 15) is 14.3 Å². The van der Waals surface area contributed by atoms with Crippen LogP contribution < -0.4 is 0 Å². The molecule has 0 saturated carbocycles. The van der Waals surface area contributed by atoms with Gasteiger partial charge in [0.2, 0.25) is 5.78 Å². The molecule has 8 heteroatoms. The van der Waals surface area contributed by atoms with Gasteiger partial charge in [-0.15, -0.1) is 0 Å². The molecule has 3 aromatic carbocycles. The molecule has 1 saturated heterocycles. The lowest BCUT2D eigenvalue weighted by Crippen LogP contribution is -2.27. The number of aromatic amines is 1. The molecule has 0 amide bonds. The van der Waals surface area contributed by atoms with Crippen LogP contribution in [0.15, 0.2) is 72.8 Å². The third kappa shape index (κ3) is 4.46. The van der Waals surface area contributed by atoms with Crippen molar-refractivity contribution in [1.29, 1.82) is 0 Å². The number of nitrogens with zero attached hydrogens (tertiary/aromatic N) is 1. The predicted molar refractivity (Wildman–Crippen MR) is 128 cm³/mol. The largest absolute Gasteiger partial charge is 0.506 e. The molecular weight excluding hydrogens is 451 g/mol. The van der Waals surface area contributed by atoms with E-state index in [2.05, 4.69) is 9.97 Å². The second-order valence-electron chi connectivity index (χ2n) is 8.28. The SMILES string of the molecule is COC1(C)OCC(c2cccc(/C(O)=C(\C(=O)c3cccc(F)c3)c3nc4ccccc4[nH]3)c2)O1. The molecule has 178 valence electrons. The second kappa shape index (κ2) is 9.07. The Kier molecular flexibility index (Phi) is 5.94. The maximum atomic E-state index is 13.9. The quantitative estimate of drug-likeness (QED) is 0.220. The van der Waals surface area contributed by atoms with Crippen LogP contribution in [0.4, 0.5) is 4.39 Å². The number of para-hydroxylation sites is 2. The average Bonchev–Trinajstić information content (AvgIpc) is 3.48. The van der Waals surface area contributed by atoms with Crippen molar-refractivity contribution in [2.75, 3.05) is 13.7 Å². The predicted octanol–water partition coefficient (Wildman–Crippen LogP) is 5.42. The highest BCUT2D eigenvalue weighted by atomic mass is 19.1. The van der Waals surface area contributed by atoms with Gasteiger partial charge in [0, 0.05) is 25.2 Å². The molecule has 2 unspecified atom stereocenters. The standard InChI is InChI=1S/C27H23FN2O5/c1-27(33-2)34-15-22(35-27)16-7-5-8-17(13-16)24(31)23(25(32)18-9-6-10-19(28)14-18)26-29-20-11-3-4-12-21(20)30-26/h3-14,22,31H,15H2,1-2H3,(H,29,30)/b24-23-. The zero-order valence-corrected chi connectivity index (χ0v) is 19.1. The topological polar surface area (TPSA) is 93.7 Å². The fourth-order valence-electron chi connectivity index (χ4n) is 4.03. The molecule has 2 N–H and O–H groups in total. The molecule has 4 aromatic rings. The Labute approximate surface area is 200 Å². The van der Waals surface area contributed by atoms with Crippen molar-refractivity contribution in [1.82, 2.24) is 9.97 Å². The number of hydrogen-bond donors (Lipinski definition) is 2. The number of hydrogen-bond acceptors (Lipinski definition) is 6. The van der Waals surface area contributed by atoms with E-state index >= 15 is 0 Å². The number of ether oxygens (including phenoxy) is 3. The average molecular weight is 474 g/mol. The Morgan fingerprint density at radius 2 is 1.89 bits per heavy atom. The molecule has 1 fully saturated rings. The number of methoxy groups -OCH3 is 1. The molecule has 7 nitrogen and oxygen atoms in total. The van der Waals surface area contributed by atoms with E-state index in [4.69, 9.17) is 14.2 Å². The smallest absolute Gasteiger partial charge is 0.280 e. The monoisotopic (exact) mass is 474 g/mol. The van der Waals surface area contributed by atoms with Crippen LogP contribution in [0.1, 0.15) is 40.3 Å². The van der Waals surface area contributed by atoms with Crippen molar-refractivity contribution in [2.24, 2.45) is 0 Å². The molecule has 2 atom stereocenters. The Morgan fingerprint density at radius 3 is 2.63 bits per heavy atom. The highest BCUT2D eigenvalue weighted by molar-refractivity contribution is 6.33. The van der Waals surface area contributed by atoms with Gasteiger partial charge in [-0.25, -0.2) is 9.37 Å². The van der Waals surface area contributed by atoms with Crippen LogP contribution in [-0.4, -0.2) is 40.5 Å². The van der Waals surface area contributed by atoms with Crippen molar-refractivity contribution in [3.8, 4) is 0 Å². The minimum Gasteiger partial charge on any atom is -0.506 e. The fraction of sp³-hybridized carbons (Fsp3) is 0.185. The van der Waals surface area contributed by atoms with Crippen molar-refractivity contribution in [2.45, 2.75) is 19.0 Å². The number of rotatable bonds is 6. The van der Waals surface area contributed by atoms with Crippen molar-refractivity contribution in [3.05, 3.63) is 101 Å². The zero-order valence-electron chi connectivity index (χ0n) is 19.1. The van der Waals surface area contributed by atoms with Crippen LogP contribution in [0, 0.1) is 5.82 Å². The summed E-state index contributed by atoms with van der Waals surface area (Å²) in [6.45, 7) is 1.93. The maximum Gasteiger partial charge on any atom is 0.280 e. The summed E-state index contributed by atoms with van der Waals surface area (Å²) in [7, 11) is 1.49. The van der Waals surface area contributed by atoms with Crippen molar-refractivity contribution < 1.29 is 28.5 Å². The van der Waals surface area contributed by atoms with Gasteiger partial charge >= 0.3 is 0 Å². The second-order valence-corrected chi connectivity index (χ2v) is 8.28. The van der Waals surface area contributed by atoms with E-state index in [0.717, 1.165) is 11.6 Å². The van der Waals surface area contributed by atoms with Crippen molar-refractivity contribution in [3.63, 3.8) is 0 Å². The normalized spacial score (nSPS) is 20.7. The molecule has 1 aliphatic heterocycles. The number of halogens is 1. The van der Waals surface area contributed by atoms with E-state index < -0.39 is 23.7 Å². The van der Waals surface area contributed by atoms with Crippen LogP contribution in [-0.2, 0) is 14.2 Å². The number of imidazole rings is 1. The Bertz CT molecular complexity index is 1410. The van der Waals surface area contributed by atoms with Crippen LogP contribution in [0.5, 0.6) is 0 Å². The molecule has 5 rings (SSSR count). The van der Waals surface area contributed by atoms with E-state index in [1.165, 1.54) is 25.3 Å². The molecule has 2 heterocycles. The van der Waals surface area contributed by atoms with E-state index in [1.807, 2.05) is 24.3 Å². The van der Waals surface area contributed by atoms with Crippen LogP contribution in [0.3, 0.4) is 0 Å². The Morgan fingerprint density at radius 1 is 1.11 bits per heavy atom. The first-order valence-electron chi connectivity index (χ1n) is 11.0. The lowest BCUT2D eigenvalue weighted by Gasteiger charge is -2.20. The number of ketones is 1. The molecular formula is C27H23FN2O5. The van der Waals surface area contributed by atoms with Gasteiger partial charge in [-0.05, 0) is 35.9 Å². The van der Waals surface area contributed by atoms with Gasteiger partial charge in [0.15, 0.2) is 0 Å². The first-order valence-corrected chi connectivity index (χ1v) is 11.0. The summed E-state index contributed by atoms with van der Waals surface area (Å²) in [5.41, 5.74) is 2.45. The molecule has 0 aliphatic carbocycles. The van der Waals surface area contributed by atoms with Gasteiger partial charge in [-0.3, -0.25) is 4.79 Å². The number of benzene rings is 3. The lowest BCUT2D eigenvalue weighted by atomic mass is 9.97. The summed E-state index contributed by atoms with van der Waals surface area (Å²) >= 11 is 0. The Hall–Kier alpha value is -3.85. The molecule has 0 radical (unpaired) electrons. The third-order valence-corrected chi connectivity index (χ3v) is 5.93. The lowest BCUT2D eigenvalue weighted by molar-refractivity contribution is -0.314. The van der Waals surface area contributed by atoms with Gasteiger partial charge in [0.1, 0.15) is 29.1 Å². The van der Waals surface area contributed by atoms with E-state index in [0.29, 0.717) is 16.6 Å². The third-order valence-electron chi connectivity index (χ3n) is 5.93. The molecule has 1 aromatic heterocycles. The molecule has 0 bridgehead atoms. The highest BCUT2D eigenvalue weighted by Crippen LogP contribution is 2.35. The number of carbonyl (C=O) groups is 1. The number of nitrogens with one attached hydrogen (secondary N) is 1. The van der Waals surface area contributed by atoms with E-state index in [-0.39, 0.29) is 29.3 Å². The number of aliphatic hydroxyl groups is 1. The van der Waals surface area contributed by atoms with Crippen LogP contribution in [0.25, 0.3) is 22.4 Å². The number of carbonyl (C=O) groups excluding carboxylic acids is 1. The summed E-state index contributed by atoms with van der Waals surface area (Å²) < 4.78 is 30.6. The van der Waals surface area contributed by atoms with E-state index in [1.54, 1.807) is 31.2 Å².